The van der Waals surface area contributed by atoms with Gasteiger partial charge in [-0.2, -0.15) is 0 Å². The van der Waals surface area contributed by atoms with E-state index in [1.165, 1.54) is 7.11 Å². The number of carbonyl (C=O) groups is 1. The van der Waals surface area contributed by atoms with E-state index in [1.54, 1.807) is 0 Å². The molecule has 1 saturated heterocycles. The Bertz CT molecular complexity index is 774. The number of carbonyl (C=O) groups excluding carboxylic acids is 1. The lowest BCUT2D eigenvalue weighted by atomic mass is 9.99. The van der Waals surface area contributed by atoms with Crippen LogP contribution in [-0.4, -0.2) is 64.3 Å². The van der Waals surface area contributed by atoms with Crippen molar-refractivity contribution in [1.82, 2.24) is 14.9 Å². The molecule has 1 fully saturated rings. The van der Waals surface area contributed by atoms with Crippen molar-refractivity contribution in [2.75, 3.05) is 39.0 Å². The monoisotopic (exact) mass is 538 g/mol. The van der Waals surface area contributed by atoms with Gasteiger partial charge in [0.15, 0.2) is 5.96 Å². The van der Waals surface area contributed by atoms with Gasteiger partial charge < -0.3 is 15.0 Å². The lowest BCUT2D eigenvalue weighted by Gasteiger charge is -2.21. The number of nitrogens with zero attached hydrogens (tertiary/aromatic N) is 2. The highest BCUT2D eigenvalue weighted by Gasteiger charge is 2.36. The number of hydrogen-bond donors (Lipinski definition) is 2. The summed E-state index contributed by atoms with van der Waals surface area (Å²) in [6.45, 7) is 6.20. The minimum Gasteiger partial charge on any atom is -0.469 e. The van der Waals surface area contributed by atoms with E-state index in [2.05, 4.69) is 15.0 Å². The van der Waals surface area contributed by atoms with E-state index in [0.717, 1.165) is 5.56 Å². The second-order valence-electron chi connectivity index (χ2n) is 6.87. The first-order valence-corrected chi connectivity index (χ1v) is 11.1. The molecule has 164 valence electrons. The number of likely N-dealkylation sites (tertiary alicyclic amines) is 1. The van der Waals surface area contributed by atoms with Crippen LogP contribution in [0.2, 0.25) is 0 Å². The molecule has 1 aliphatic rings. The molecular formula is C19H31IN4O4S. The molecule has 0 radical (unpaired) electrons. The van der Waals surface area contributed by atoms with Crippen LogP contribution < -0.4 is 10.0 Å². The number of sulfonamides is 1. The molecule has 1 aromatic rings. The first-order chi connectivity index (χ1) is 13.4. The summed E-state index contributed by atoms with van der Waals surface area (Å²) in [7, 11) is -2.04. The van der Waals surface area contributed by atoms with Crippen LogP contribution in [0.5, 0.6) is 0 Å². The molecule has 0 amide bonds. The molecule has 2 rings (SSSR count). The van der Waals surface area contributed by atoms with E-state index < -0.39 is 10.0 Å². The van der Waals surface area contributed by atoms with E-state index in [1.807, 2.05) is 49.1 Å². The Morgan fingerprint density at radius 2 is 1.97 bits per heavy atom. The molecule has 0 bridgehead atoms. The highest BCUT2D eigenvalue weighted by Crippen LogP contribution is 2.24. The quantitative estimate of drug-likeness (QED) is 0.225. The molecule has 0 spiro atoms. The Labute approximate surface area is 190 Å². The van der Waals surface area contributed by atoms with Gasteiger partial charge in [0.05, 0.1) is 25.3 Å². The molecule has 2 atom stereocenters. The van der Waals surface area contributed by atoms with Crippen LogP contribution in [0.25, 0.3) is 0 Å². The molecule has 2 unspecified atom stereocenters. The van der Waals surface area contributed by atoms with Crippen molar-refractivity contribution in [3.8, 4) is 0 Å². The number of hydrogen-bond acceptors (Lipinski definition) is 5. The summed E-state index contributed by atoms with van der Waals surface area (Å²) >= 11 is 0. The maximum Gasteiger partial charge on any atom is 0.310 e. The zero-order chi connectivity index (χ0) is 20.6. The van der Waals surface area contributed by atoms with Crippen LogP contribution in [0.4, 0.5) is 0 Å². The number of esters is 1. The molecule has 2 N–H and O–H groups in total. The van der Waals surface area contributed by atoms with E-state index in [4.69, 9.17) is 4.74 Å². The lowest BCUT2D eigenvalue weighted by molar-refractivity contribution is -0.145. The van der Waals surface area contributed by atoms with Crippen molar-refractivity contribution >= 4 is 45.9 Å². The molecular weight excluding hydrogens is 507 g/mol. The molecule has 29 heavy (non-hydrogen) atoms. The summed E-state index contributed by atoms with van der Waals surface area (Å²) in [5.41, 5.74) is 0.905. The van der Waals surface area contributed by atoms with Crippen LogP contribution >= 0.6 is 24.0 Å². The normalized spacial score (nSPS) is 19.6. The Balaban J connectivity index is 0.00000420. The van der Waals surface area contributed by atoms with Crippen molar-refractivity contribution in [3.63, 3.8) is 0 Å². The van der Waals surface area contributed by atoms with Gasteiger partial charge in [-0.15, -0.1) is 24.0 Å². The fourth-order valence-electron chi connectivity index (χ4n) is 3.16. The number of halogens is 1. The fourth-order valence-corrected chi connectivity index (χ4v) is 4.02. The molecule has 0 aromatic heterocycles. The number of benzene rings is 1. The Kier molecular flexibility index (Phi) is 10.9. The van der Waals surface area contributed by atoms with Gasteiger partial charge in [-0.3, -0.25) is 9.79 Å². The summed E-state index contributed by atoms with van der Waals surface area (Å²) in [5.74, 6) is 0.244. The largest absolute Gasteiger partial charge is 0.469 e. The smallest absolute Gasteiger partial charge is 0.310 e. The fraction of sp³-hybridized carbons (Fsp3) is 0.579. The average Bonchev–Trinajstić information content (AvgIpc) is 3.07. The molecule has 10 heteroatoms. The number of nitrogens with one attached hydrogen (secondary N) is 2. The van der Waals surface area contributed by atoms with Gasteiger partial charge in [0.2, 0.25) is 10.0 Å². The van der Waals surface area contributed by atoms with E-state index in [9.17, 15) is 13.2 Å². The van der Waals surface area contributed by atoms with Gasteiger partial charge in [-0.25, -0.2) is 13.1 Å². The molecule has 0 saturated carbocycles. The summed E-state index contributed by atoms with van der Waals surface area (Å²) < 4.78 is 31.9. The number of ether oxygens (including phenoxy) is 1. The van der Waals surface area contributed by atoms with E-state index >= 15 is 0 Å². The van der Waals surface area contributed by atoms with Crippen molar-refractivity contribution < 1.29 is 17.9 Å². The van der Waals surface area contributed by atoms with Gasteiger partial charge in [0.25, 0.3) is 0 Å². The van der Waals surface area contributed by atoms with Gasteiger partial charge in [-0.05, 0) is 18.4 Å². The first kappa shape index (κ1) is 25.6. The molecule has 1 aromatic carbocycles. The van der Waals surface area contributed by atoms with Crippen LogP contribution in [0.1, 0.15) is 19.4 Å². The molecule has 1 heterocycles. The predicted molar refractivity (Wildman–Crippen MR) is 125 cm³/mol. The maximum absolute atomic E-state index is 12.2. The van der Waals surface area contributed by atoms with Gasteiger partial charge in [0, 0.05) is 26.2 Å². The first-order valence-electron chi connectivity index (χ1n) is 9.48. The van der Waals surface area contributed by atoms with Crippen molar-refractivity contribution in [2.24, 2.45) is 16.8 Å². The standard InChI is InChI=1S/C19H30N4O4S.HI/c1-4-20-19(23-13-15(2)17(14-23)18(24)27-3)21-10-11-28(25,26)22-12-16-8-6-5-7-9-16;/h5-9,15,17,22H,4,10-14H2,1-3H3,(H,20,21);1H. The number of methoxy groups -OCH3 is 1. The van der Waals surface area contributed by atoms with Gasteiger partial charge >= 0.3 is 5.97 Å². The summed E-state index contributed by atoms with van der Waals surface area (Å²) in [6, 6.07) is 9.37. The molecule has 0 aliphatic carbocycles. The van der Waals surface area contributed by atoms with E-state index in [0.29, 0.717) is 25.6 Å². The third kappa shape index (κ3) is 8.09. The zero-order valence-corrected chi connectivity index (χ0v) is 20.3. The highest BCUT2D eigenvalue weighted by molar-refractivity contribution is 14.0. The number of rotatable bonds is 8. The van der Waals surface area contributed by atoms with Crippen LogP contribution in [0, 0.1) is 11.8 Å². The third-order valence-electron chi connectivity index (χ3n) is 4.71. The van der Waals surface area contributed by atoms with Crippen molar-refractivity contribution in [1.29, 1.82) is 0 Å². The third-order valence-corrected chi connectivity index (χ3v) is 6.02. The van der Waals surface area contributed by atoms with Gasteiger partial charge in [-0.1, -0.05) is 37.3 Å². The van der Waals surface area contributed by atoms with Crippen molar-refractivity contribution in [2.45, 2.75) is 20.4 Å². The summed E-state index contributed by atoms with van der Waals surface area (Å²) in [6.07, 6.45) is 0. The van der Waals surface area contributed by atoms with Crippen molar-refractivity contribution in [3.05, 3.63) is 35.9 Å². The number of guanidine groups is 1. The lowest BCUT2D eigenvalue weighted by Crippen LogP contribution is -2.41. The maximum atomic E-state index is 12.2. The Morgan fingerprint density at radius 1 is 1.28 bits per heavy atom. The predicted octanol–water partition coefficient (Wildman–Crippen LogP) is 1.43. The van der Waals surface area contributed by atoms with Crippen LogP contribution in [-0.2, 0) is 26.1 Å². The minimum absolute atomic E-state index is 0. The Hall–Kier alpha value is -1.40. The number of aliphatic imine (C=N–C) groups is 1. The van der Waals surface area contributed by atoms with E-state index in [-0.39, 0.29) is 60.6 Å². The Morgan fingerprint density at radius 3 is 2.59 bits per heavy atom. The second kappa shape index (κ2) is 12.3. The van der Waals surface area contributed by atoms with Crippen LogP contribution in [0.15, 0.2) is 35.3 Å². The highest BCUT2D eigenvalue weighted by atomic mass is 127. The van der Waals surface area contributed by atoms with Crippen LogP contribution in [0.3, 0.4) is 0 Å². The SMILES string of the molecule is CCNC(=NCCS(=O)(=O)NCc1ccccc1)N1CC(C)C(C(=O)OC)C1.I. The average molecular weight is 538 g/mol. The minimum atomic E-state index is -3.43. The van der Waals surface area contributed by atoms with Gasteiger partial charge in [0.1, 0.15) is 0 Å². The second-order valence-corrected chi connectivity index (χ2v) is 8.80. The topological polar surface area (TPSA) is 100 Å². The molecule has 8 nitrogen and oxygen atoms in total. The summed E-state index contributed by atoms with van der Waals surface area (Å²) in [5, 5.41) is 3.18. The zero-order valence-electron chi connectivity index (χ0n) is 17.1. The summed E-state index contributed by atoms with van der Waals surface area (Å²) in [4.78, 5) is 18.3. The molecule has 1 aliphatic heterocycles.